The molecule has 0 radical (unpaired) electrons. The average Bonchev–Trinajstić information content (AvgIpc) is 2.33. The van der Waals surface area contributed by atoms with Crippen molar-refractivity contribution >= 4 is 0 Å². The summed E-state index contributed by atoms with van der Waals surface area (Å²) in [7, 11) is 0. The maximum atomic E-state index is 11.8. The van der Waals surface area contributed by atoms with Crippen LogP contribution in [0.1, 0.15) is 18.3 Å². The Bertz CT molecular complexity index is 410. The number of aromatic nitrogens is 2. The van der Waals surface area contributed by atoms with Gasteiger partial charge in [-0.2, -0.15) is 0 Å². The lowest BCUT2D eigenvalue weighted by molar-refractivity contribution is 0.0182. The molecule has 1 aromatic heterocycles. The van der Waals surface area contributed by atoms with Gasteiger partial charge in [0, 0.05) is 24.7 Å². The smallest absolute Gasteiger partial charge is 0.261 e. The summed E-state index contributed by atoms with van der Waals surface area (Å²) in [5.74, 6) is 0.439. The van der Waals surface area contributed by atoms with Crippen LogP contribution in [0.3, 0.4) is 0 Å². The first-order valence-electron chi connectivity index (χ1n) is 5.77. The van der Waals surface area contributed by atoms with E-state index >= 15 is 0 Å². The maximum absolute atomic E-state index is 11.8. The summed E-state index contributed by atoms with van der Waals surface area (Å²) < 4.78 is 28.3. The fourth-order valence-corrected chi connectivity index (χ4v) is 1.31. The molecule has 0 aliphatic carbocycles. The van der Waals surface area contributed by atoms with Crippen molar-refractivity contribution in [3.63, 3.8) is 0 Å². The third-order valence-electron chi connectivity index (χ3n) is 2.22. The molecule has 0 aliphatic heterocycles. The minimum Gasteiger partial charge on any atom is -0.375 e. The molecule has 0 fully saturated rings. The molecule has 1 aromatic rings. The van der Waals surface area contributed by atoms with E-state index < -0.39 is 13.0 Å². The number of rotatable bonds is 8. The summed E-state index contributed by atoms with van der Waals surface area (Å²) in [6.45, 7) is 2.68. The van der Waals surface area contributed by atoms with Gasteiger partial charge in [0.05, 0.1) is 6.61 Å². The van der Waals surface area contributed by atoms with E-state index in [1.807, 2.05) is 6.92 Å². The van der Waals surface area contributed by atoms with Crippen LogP contribution < -0.4 is 10.9 Å². The second-order valence-electron chi connectivity index (χ2n) is 3.68. The Morgan fingerprint density at radius 1 is 1.56 bits per heavy atom. The molecule has 2 N–H and O–H groups in total. The normalized spacial score (nSPS) is 11.1. The van der Waals surface area contributed by atoms with Crippen molar-refractivity contribution in [3.05, 3.63) is 27.9 Å². The number of nitrogens with one attached hydrogen (secondary N) is 2. The van der Waals surface area contributed by atoms with Crippen LogP contribution in [0.15, 0.2) is 11.0 Å². The van der Waals surface area contributed by atoms with E-state index in [1.165, 1.54) is 6.20 Å². The molecule has 0 aromatic carbocycles. The number of nitrogens with zero attached hydrogens (tertiary/aromatic N) is 1. The van der Waals surface area contributed by atoms with Crippen molar-refractivity contribution < 1.29 is 13.5 Å². The summed E-state index contributed by atoms with van der Waals surface area (Å²) in [5, 5.41) is 3.02. The van der Waals surface area contributed by atoms with Crippen LogP contribution >= 0.6 is 0 Å². The quantitative estimate of drug-likeness (QED) is 0.676. The van der Waals surface area contributed by atoms with Crippen molar-refractivity contribution in [2.75, 3.05) is 19.8 Å². The zero-order valence-corrected chi connectivity index (χ0v) is 10.2. The summed E-state index contributed by atoms with van der Waals surface area (Å²) >= 11 is 0. The third kappa shape index (κ3) is 5.33. The molecule has 0 atom stereocenters. The molecule has 0 unspecified atom stereocenters. The standard InChI is InChI=1S/C11H17F2N3O2/c1-2-14-5-8-6-15-10(16-11(8)17)3-4-18-7-9(12)13/h6,9,14H,2-5,7H2,1H3,(H,15,16,17). The van der Waals surface area contributed by atoms with Crippen molar-refractivity contribution in [1.29, 1.82) is 0 Å². The van der Waals surface area contributed by atoms with E-state index in [2.05, 4.69) is 15.3 Å². The summed E-state index contributed by atoms with van der Waals surface area (Å²) in [6.07, 6.45) is -0.674. The van der Waals surface area contributed by atoms with Gasteiger partial charge in [-0.05, 0) is 6.54 Å². The minimum atomic E-state index is -2.47. The van der Waals surface area contributed by atoms with Crippen LogP contribution in [0, 0.1) is 0 Å². The fraction of sp³-hybridized carbons (Fsp3) is 0.636. The molecular formula is C11H17F2N3O2. The first kappa shape index (κ1) is 14.7. The van der Waals surface area contributed by atoms with Gasteiger partial charge in [-0.3, -0.25) is 4.79 Å². The average molecular weight is 261 g/mol. The van der Waals surface area contributed by atoms with Gasteiger partial charge >= 0.3 is 0 Å². The second kappa shape index (κ2) is 7.88. The highest BCUT2D eigenvalue weighted by molar-refractivity contribution is 5.05. The molecular weight excluding hydrogens is 244 g/mol. The molecule has 0 aliphatic rings. The molecule has 0 bridgehead atoms. The number of hydrogen-bond donors (Lipinski definition) is 2. The number of hydrogen-bond acceptors (Lipinski definition) is 4. The van der Waals surface area contributed by atoms with E-state index in [9.17, 15) is 13.6 Å². The lowest BCUT2D eigenvalue weighted by Gasteiger charge is -2.04. The number of alkyl halides is 2. The van der Waals surface area contributed by atoms with Crippen LogP contribution in [0.5, 0.6) is 0 Å². The van der Waals surface area contributed by atoms with E-state index in [-0.39, 0.29) is 12.2 Å². The Balaban J connectivity index is 2.43. The van der Waals surface area contributed by atoms with Gasteiger partial charge in [-0.25, -0.2) is 13.8 Å². The Morgan fingerprint density at radius 3 is 2.94 bits per heavy atom. The van der Waals surface area contributed by atoms with Crippen LogP contribution in [-0.2, 0) is 17.7 Å². The number of ether oxygens (including phenoxy) is 1. The number of halogens is 2. The topological polar surface area (TPSA) is 67.0 Å². The summed E-state index contributed by atoms with van der Waals surface area (Å²) in [6, 6.07) is 0. The molecule has 5 nitrogen and oxygen atoms in total. The zero-order valence-electron chi connectivity index (χ0n) is 10.2. The molecule has 0 spiro atoms. The monoisotopic (exact) mass is 261 g/mol. The van der Waals surface area contributed by atoms with Crippen LogP contribution in [0.2, 0.25) is 0 Å². The summed E-state index contributed by atoms with van der Waals surface area (Å²) in [4.78, 5) is 18.2. The van der Waals surface area contributed by atoms with E-state index in [4.69, 9.17) is 4.74 Å². The van der Waals surface area contributed by atoms with Crippen molar-refractivity contribution in [3.8, 4) is 0 Å². The first-order valence-corrected chi connectivity index (χ1v) is 5.77. The largest absolute Gasteiger partial charge is 0.375 e. The maximum Gasteiger partial charge on any atom is 0.261 e. The SMILES string of the molecule is CCNCc1cnc(CCOCC(F)F)[nH]c1=O. The molecule has 1 rings (SSSR count). The van der Waals surface area contributed by atoms with Crippen molar-refractivity contribution in [1.82, 2.24) is 15.3 Å². The van der Waals surface area contributed by atoms with Crippen LogP contribution in [-0.4, -0.2) is 36.2 Å². The molecule has 1 heterocycles. The van der Waals surface area contributed by atoms with Gasteiger partial charge in [0.2, 0.25) is 0 Å². The van der Waals surface area contributed by atoms with Gasteiger partial charge in [-0.1, -0.05) is 6.92 Å². The lowest BCUT2D eigenvalue weighted by atomic mass is 10.3. The highest BCUT2D eigenvalue weighted by Gasteiger charge is 2.04. The zero-order chi connectivity index (χ0) is 13.4. The van der Waals surface area contributed by atoms with Gasteiger partial charge in [0.25, 0.3) is 12.0 Å². The van der Waals surface area contributed by atoms with E-state index in [1.54, 1.807) is 0 Å². The Morgan fingerprint density at radius 2 is 2.33 bits per heavy atom. The van der Waals surface area contributed by atoms with Crippen LogP contribution in [0.25, 0.3) is 0 Å². The third-order valence-corrected chi connectivity index (χ3v) is 2.22. The van der Waals surface area contributed by atoms with Crippen molar-refractivity contribution in [2.24, 2.45) is 0 Å². The summed E-state index contributed by atoms with van der Waals surface area (Å²) in [5.41, 5.74) is 0.337. The van der Waals surface area contributed by atoms with Crippen molar-refractivity contribution in [2.45, 2.75) is 26.3 Å². The second-order valence-corrected chi connectivity index (χ2v) is 3.68. The predicted molar refractivity (Wildman–Crippen MR) is 62.8 cm³/mol. The molecule has 18 heavy (non-hydrogen) atoms. The van der Waals surface area contributed by atoms with Gasteiger partial charge in [0.1, 0.15) is 12.4 Å². The molecule has 0 amide bonds. The van der Waals surface area contributed by atoms with Gasteiger partial charge < -0.3 is 15.0 Å². The van der Waals surface area contributed by atoms with Crippen LogP contribution in [0.4, 0.5) is 8.78 Å². The van der Waals surface area contributed by atoms with Gasteiger partial charge in [0.15, 0.2) is 0 Å². The minimum absolute atomic E-state index is 0.111. The predicted octanol–water partition coefficient (Wildman–Crippen LogP) is 0.704. The molecule has 0 saturated heterocycles. The van der Waals surface area contributed by atoms with E-state index in [0.29, 0.717) is 24.4 Å². The number of aromatic amines is 1. The molecule has 7 heteroatoms. The molecule has 102 valence electrons. The Labute approximate surface area is 104 Å². The fourth-order valence-electron chi connectivity index (χ4n) is 1.31. The Hall–Kier alpha value is -1.34. The highest BCUT2D eigenvalue weighted by atomic mass is 19.3. The first-order chi connectivity index (χ1) is 8.63. The van der Waals surface area contributed by atoms with E-state index in [0.717, 1.165) is 6.54 Å². The molecule has 0 saturated carbocycles. The lowest BCUT2D eigenvalue weighted by Crippen LogP contribution is -2.23. The number of H-pyrrole nitrogens is 1. The van der Waals surface area contributed by atoms with Gasteiger partial charge in [-0.15, -0.1) is 0 Å². The Kier molecular flexibility index (Phi) is 6.45. The highest BCUT2D eigenvalue weighted by Crippen LogP contribution is 1.95.